The van der Waals surface area contributed by atoms with E-state index in [0.29, 0.717) is 44.0 Å². The van der Waals surface area contributed by atoms with Crippen LogP contribution in [0.1, 0.15) is 108 Å². The lowest BCUT2D eigenvalue weighted by atomic mass is 9.99. The summed E-state index contributed by atoms with van der Waals surface area (Å²) in [5.41, 5.74) is 0.439. The molecule has 6 nitrogen and oxygen atoms in total. The Morgan fingerprint density at radius 3 is 1.77 bits per heavy atom. The van der Waals surface area contributed by atoms with Crippen molar-refractivity contribution < 1.29 is 29.2 Å². The summed E-state index contributed by atoms with van der Waals surface area (Å²) in [6, 6.07) is 0. The molecule has 0 heterocycles. The minimum atomic E-state index is -1.25. The standard InChI is InChI=1S/C25H42O6/c1-5-9-11-13-15-19-22(31-18-14-12-10-6-2)21(26)20(25(27)28)24(30-17-8-4)23(19)29-16-7-3/h26H,5-18H2,1-4H3,(H,27,28). The van der Waals surface area contributed by atoms with E-state index in [0.717, 1.165) is 57.8 Å². The number of carboxylic acid groups (broad SMARTS) is 1. The highest BCUT2D eigenvalue weighted by Gasteiger charge is 2.31. The molecule has 1 rings (SSSR count). The lowest BCUT2D eigenvalue weighted by Gasteiger charge is -2.23. The zero-order valence-corrected chi connectivity index (χ0v) is 19.9. The second-order valence-corrected chi connectivity index (χ2v) is 7.91. The topological polar surface area (TPSA) is 85.2 Å². The number of carboxylic acids is 1. The number of unbranched alkanes of at least 4 members (excludes halogenated alkanes) is 6. The molecule has 6 heteroatoms. The number of aromatic carboxylic acids is 1. The lowest BCUT2D eigenvalue weighted by Crippen LogP contribution is -2.12. The second kappa shape index (κ2) is 15.7. The number of aromatic hydroxyl groups is 1. The van der Waals surface area contributed by atoms with E-state index in [1.165, 1.54) is 0 Å². The zero-order valence-electron chi connectivity index (χ0n) is 19.9. The number of hydrogen-bond donors (Lipinski definition) is 2. The largest absolute Gasteiger partial charge is 0.504 e. The molecule has 0 aliphatic carbocycles. The van der Waals surface area contributed by atoms with Gasteiger partial charge in [-0.05, 0) is 32.1 Å². The zero-order chi connectivity index (χ0) is 23.1. The third-order valence-electron chi connectivity index (χ3n) is 5.07. The number of benzene rings is 1. The SMILES string of the molecule is CCCCCCOc1c(O)c(C(=O)O)c(OCCC)c(OCCC)c1CCCCCC. The molecule has 1 aromatic rings. The van der Waals surface area contributed by atoms with Crippen molar-refractivity contribution in [3.63, 3.8) is 0 Å². The first-order chi connectivity index (χ1) is 15.0. The van der Waals surface area contributed by atoms with Crippen LogP contribution in [0, 0.1) is 0 Å². The second-order valence-electron chi connectivity index (χ2n) is 7.91. The summed E-state index contributed by atoms with van der Waals surface area (Å²) in [7, 11) is 0. The summed E-state index contributed by atoms with van der Waals surface area (Å²) < 4.78 is 17.8. The van der Waals surface area contributed by atoms with Crippen LogP contribution in [0.15, 0.2) is 0 Å². The summed E-state index contributed by atoms with van der Waals surface area (Å²) in [6.45, 7) is 9.46. The van der Waals surface area contributed by atoms with E-state index >= 15 is 0 Å². The van der Waals surface area contributed by atoms with Crippen LogP contribution in [-0.4, -0.2) is 36.0 Å². The molecule has 0 aliphatic rings. The Bertz CT molecular complexity index is 656. The Labute approximate surface area is 187 Å². The summed E-state index contributed by atoms with van der Waals surface area (Å²) in [5.74, 6) is -0.850. The molecule has 178 valence electrons. The molecule has 0 saturated carbocycles. The Morgan fingerprint density at radius 2 is 1.23 bits per heavy atom. The molecule has 0 amide bonds. The fourth-order valence-electron chi connectivity index (χ4n) is 3.43. The van der Waals surface area contributed by atoms with Gasteiger partial charge >= 0.3 is 5.97 Å². The molecule has 0 bridgehead atoms. The molecule has 1 aromatic carbocycles. The summed E-state index contributed by atoms with van der Waals surface area (Å²) in [4.78, 5) is 12.1. The predicted octanol–water partition coefficient (Wildman–Crippen LogP) is 6.75. The van der Waals surface area contributed by atoms with Gasteiger partial charge in [-0.2, -0.15) is 0 Å². The highest BCUT2D eigenvalue weighted by molar-refractivity contribution is 5.97. The first kappa shape index (κ1) is 26.9. The molecule has 0 unspecified atom stereocenters. The van der Waals surface area contributed by atoms with Gasteiger partial charge in [0.25, 0.3) is 0 Å². The van der Waals surface area contributed by atoms with Gasteiger partial charge in [0.2, 0.25) is 0 Å². The van der Waals surface area contributed by atoms with Crippen LogP contribution in [0.2, 0.25) is 0 Å². The van der Waals surface area contributed by atoms with Gasteiger partial charge in [-0.15, -0.1) is 0 Å². The fraction of sp³-hybridized carbons (Fsp3) is 0.720. The highest BCUT2D eigenvalue weighted by atomic mass is 16.5. The van der Waals surface area contributed by atoms with Gasteiger partial charge in [-0.3, -0.25) is 0 Å². The summed E-state index contributed by atoms with van der Waals surface area (Å²) in [5, 5.41) is 20.8. The first-order valence-corrected chi connectivity index (χ1v) is 12.1. The van der Waals surface area contributed by atoms with E-state index in [1.54, 1.807) is 0 Å². The number of ether oxygens (including phenoxy) is 3. The third kappa shape index (κ3) is 8.50. The Balaban J connectivity index is 3.45. The van der Waals surface area contributed by atoms with Gasteiger partial charge < -0.3 is 24.4 Å². The van der Waals surface area contributed by atoms with Crippen LogP contribution in [0.4, 0.5) is 0 Å². The maximum absolute atomic E-state index is 12.1. The lowest BCUT2D eigenvalue weighted by molar-refractivity contribution is 0.0686. The average molecular weight is 439 g/mol. The van der Waals surface area contributed by atoms with Crippen molar-refractivity contribution in [2.75, 3.05) is 19.8 Å². The number of phenols is 1. The van der Waals surface area contributed by atoms with Gasteiger partial charge in [-0.1, -0.05) is 66.2 Å². The van der Waals surface area contributed by atoms with Crippen LogP contribution in [0.5, 0.6) is 23.0 Å². The molecular weight excluding hydrogens is 396 g/mol. The smallest absolute Gasteiger partial charge is 0.343 e. The maximum atomic E-state index is 12.1. The Morgan fingerprint density at radius 1 is 0.677 bits per heavy atom. The third-order valence-corrected chi connectivity index (χ3v) is 5.07. The van der Waals surface area contributed by atoms with Gasteiger partial charge in [0, 0.05) is 5.56 Å². The minimum Gasteiger partial charge on any atom is -0.504 e. The molecule has 0 spiro atoms. The molecular formula is C25H42O6. The average Bonchev–Trinajstić information content (AvgIpc) is 2.75. The molecule has 0 fully saturated rings. The van der Waals surface area contributed by atoms with Crippen molar-refractivity contribution in [3.8, 4) is 23.0 Å². The van der Waals surface area contributed by atoms with Crippen LogP contribution in [0.25, 0.3) is 0 Å². The van der Waals surface area contributed by atoms with E-state index in [1.807, 2.05) is 13.8 Å². The Hall–Kier alpha value is -2.11. The van der Waals surface area contributed by atoms with Crippen molar-refractivity contribution in [2.45, 2.75) is 98.3 Å². The molecule has 0 radical (unpaired) electrons. The minimum absolute atomic E-state index is 0.115. The molecule has 0 aromatic heterocycles. The van der Waals surface area contributed by atoms with Crippen LogP contribution >= 0.6 is 0 Å². The van der Waals surface area contributed by atoms with Gasteiger partial charge in [0.15, 0.2) is 28.6 Å². The maximum Gasteiger partial charge on any atom is 0.343 e. The molecule has 0 aliphatic heterocycles. The van der Waals surface area contributed by atoms with E-state index < -0.39 is 5.97 Å². The highest BCUT2D eigenvalue weighted by Crippen LogP contribution is 2.49. The van der Waals surface area contributed by atoms with E-state index in [2.05, 4.69) is 13.8 Å². The van der Waals surface area contributed by atoms with Crippen molar-refractivity contribution in [1.82, 2.24) is 0 Å². The normalized spacial score (nSPS) is 10.8. The summed E-state index contributed by atoms with van der Waals surface area (Å²) >= 11 is 0. The van der Waals surface area contributed by atoms with E-state index in [-0.39, 0.29) is 22.8 Å². The van der Waals surface area contributed by atoms with Crippen molar-refractivity contribution in [3.05, 3.63) is 11.1 Å². The number of hydrogen-bond acceptors (Lipinski definition) is 5. The van der Waals surface area contributed by atoms with Crippen molar-refractivity contribution in [1.29, 1.82) is 0 Å². The van der Waals surface area contributed by atoms with E-state index in [9.17, 15) is 15.0 Å². The summed E-state index contributed by atoms with van der Waals surface area (Å²) in [6.07, 6.45) is 10.4. The molecule has 2 N–H and O–H groups in total. The first-order valence-electron chi connectivity index (χ1n) is 12.1. The molecule has 0 atom stereocenters. The number of carbonyl (C=O) groups is 1. The van der Waals surface area contributed by atoms with Crippen LogP contribution in [0.3, 0.4) is 0 Å². The van der Waals surface area contributed by atoms with Gasteiger partial charge in [0.1, 0.15) is 0 Å². The molecule has 31 heavy (non-hydrogen) atoms. The van der Waals surface area contributed by atoms with Gasteiger partial charge in [-0.25, -0.2) is 4.79 Å². The monoisotopic (exact) mass is 438 g/mol. The van der Waals surface area contributed by atoms with Crippen molar-refractivity contribution in [2.24, 2.45) is 0 Å². The fourth-order valence-corrected chi connectivity index (χ4v) is 3.43. The Kier molecular flexibility index (Phi) is 13.6. The van der Waals surface area contributed by atoms with E-state index in [4.69, 9.17) is 14.2 Å². The quantitative estimate of drug-likeness (QED) is 0.247. The van der Waals surface area contributed by atoms with Crippen molar-refractivity contribution >= 4 is 5.97 Å². The van der Waals surface area contributed by atoms with Gasteiger partial charge in [0.05, 0.1) is 19.8 Å². The van der Waals surface area contributed by atoms with Crippen LogP contribution < -0.4 is 14.2 Å². The number of rotatable bonds is 18. The van der Waals surface area contributed by atoms with Crippen LogP contribution in [-0.2, 0) is 6.42 Å². The predicted molar refractivity (Wildman–Crippen MR) is 124 cm³/mol. The molecule has 0 saturated heterocycles.